The van der Waals surface area contributed by atoms with Gasteiger partial charge in [-0.15, -0.1) is 0 Å². The van der Waals surface area contributed by atoms with Gasteiger partial charge in [0.2, 0.25) is 0 Å². The van der Waals surface area contributed by atoms with Crippen LogP contribution in [0.1, 0.15) is 18.2 Å². The van der Waals surface area contributed by atoms with Gasteiger partial charge >= 0.3 is 5.69 Å². The van der Waals surface area contributed by atoms with Crippen LogP contribution in [-0.2, 0) is 13.5 Å². The smallest absolute Gasteiger partial charge is 0.297 e. The lowest BCUT2D eigenvalue weighted by molar-refractivity contribution is 0.746. The first-order valence-electron chi connectivity index (χ1n) is 5.50. The number of nitrogens with one attached hydrogen (secondary N) is 1. The van der Waals surface area contributed by atoms with Gasteiger partial charge in [-0.2, -0.15) is 5.10 Å². The first kappa shape index (κ1) is 12.6. The molecule has 0 saturated heterocycles. The van der Waals surface area contributed by atoms with Crippen LogP contribution in [0.4, 0.5) is 0 Å². The van der Waals surface area contributed by atoms with Gasteiger partial charge in [-0.05, 0) is 13.3 Å². The van der Waals surface area contributed by atoms with Crippen molar-refractivity contribution in [2.24, 2.45) is 7.05 Å². The highest BCUT2D eigenvalue weighted by molar-refractivity contribution is 6.30. The quantitative estimate of drug-likeness (QED) is 0.818. The van der Waals surface area contributed by atoms with Gasteiger partial charge < -0.3 is 0 Å². The summed E-state index contributed by atoms with van der Waals surface area (Å²) in [6.07, 6.45) is 2.27. The number of nitrogens with zero attached hydrogens (tertiary/aromatic N) is 3. The van der Waals surface area contributed by atoms with Gasteiger partial charge in [-0.25, -0.2) is 9.36 Å². The Hall–Kier alpha value is -1.82. The number of hydrogen-bond acceptors (Lipinski definition) is 3. The van der Waals surface area contributed by atoms with Crippen LogP contribution in [0.3, 0.4) is 0 Å². The molecule has 2 heterocycles. The van der Waals surface area contributed by atoms with Gasteiger partial charge in [-0.3, -0.25) is 14.5 Å². The first-order valence-corrected chi connectivity index (χ1v) is 5.87. The highest BCUT2D eigenvalue weighted by atomic mass is 35.5. The molecule has 0 aliphatic rings. The van der Waals surface area contributed by atoms with Crippen LogP contribution >= 0.6 is 11.6 Å². The number of aromatic amines is 1. The summed E-state index contributed by atoms with van der Waals surface area (Å²) in [6, 6.07) is 0. The lowest BCUT2D eigenvalue weighted by Gasteiger charge is -2.05. The number of halogens is 1. The van der Waals surface area contributed by atoms with Crippen LogP contribution in [0.15, 0.2) is 15.8 Å². The molecule has 6 nitrogen and oxygen atoms in total. The fourth-order valence-corrected chi connectivity index (χ4v) is 1.94. The lowest BCUT2D eigenvalue weighted by atomic mass is 10.3. The molecule has 0 bridgehead atoms. The van der Waals surface area contributed by atoms with E-state index in [0.717, 1.165) is 4.57 Å². The largest absolute Gasteiger partial charge is 0.334 e. The van der Waals surface area contributed by atoms with E-state index in [1.54, 1.807) is 24.9 Å². The van der Waals surface area contributed by atoms with E-state index >= 15 is 0 Å². The van der Waals surface area contributed by atoms with Gasteiger partial charge in [0, 0.05) is 13.2 Å². The van der Waals surface area contributed by atoms with Crippen molar-refractivity contribution in [2.45, 2.75) is 20.3 Å². The monoisotopic (exact) mass is 268 g/mol. The summed E-state index contributed by atoms with van der Waals surface area (Å²) in [7, 11) is 1.74. The van der Waals surface area contributed by atoms with Crippen LogP contribution in [0.25, 0.3) is 5.69 Å². The molecule has 0 aromatic carbocycles. The van der Waals surface area contributed by atoms with E-state index in [9.17, 15) is 9.59 Å². The van der Waals surface area contributed by atoms with E-state index < -0.39 is 11.2 Å². The molecule has 0 spiro atoms. The van der Waals surface area contributed by atoms with Gasteiger partial charge in [0.15, 0.2) is 0 Å². The zero-order valence-electron chi connectivity index (χ0n) is 10.3. The second-order valence-corrected chi connectivity index (χ2v) is 4.38. The average molecular weight is 269 g/mol. The third-order valence-electron chi connectivity index (χ3n) is 2.73. The maximum atomic E-state index is 12.1. The van der Waals surface area contributed by atoms with Crippen molar-refractivity contribution >= 4 is 11.6 Å². The maximum absolute atomic E-state index is 12.1. The summed E-state index contributed by atoms with van der Waals surface area (Å²) >= 11 is 5.77. The highest BCUT2D eigenvalue weighted by Crippen LogP contribution is 2.11. The molecule has 0 unspecified atom stereocenters. The Morgan fingerprint density at radius 3 is 2.72 bits per heavy atom. The van der Waals surface area contributed by atoms with Crippen molar-refractivity contribution in [1.82, 2.24) is 19.3 Å². The first-order chi connectivity index (χ1) is 8.45. The number of hydrogen-bond donors (Lipinski definition) is 1. The van der Waals surface area contributed by atoms with E-state index in [4.69, 9.17) is 11.6 Å². The minimum absolute atomic E-state index is 0.0724. The minimum Gasteiger partial charge on any atom is -0.297 e. The third kappa shape index (κ3) is 1.88. The van der Waals surface area contributed by atoms with E-state index in [1.807, 2.05) is 6.92 Å². The summed E-state index contributed by atoms with van der Waals surface area (Å²) in [6.45, 7) is 3.48. The van der Waals surface area contributed by atoms with Crippen molar-refractivity contribution in [1.29, 1.82) is 0 Å². The van der Waals surface area contributed by atoms with Gasteiger partial charge in [0.1, 0.15) is 5.15 Å². The normalized spacial score (nSPS) is 10.9. The zero-order valence-corrected chi connectivity index (χ0v) is 11.1. The predicted octanol–water partition coefficient (Wildman–Crippen LogP) is 0.784. The van der Waals surface area contributed by atoms with Crippen molar-refractivity contribution in [3.05, 3.63) is 43.4 Å². The molecule has 0 radical (unpaired) electrons. The van der Waals surface area contributed by atoms with Gasteiger partial charge in [0.25, 0.3) is 5.56 Å². The van der Waals surface area contributed by atoms with Crippen LogP contribution in [-0.4, -0.2) is 19.3 Å². The van der Waals surface area contributed by atoms with Crippen molar-refractivity contribution in [2.75, 3.05) is 0 Å². The van der Waals surface area contributed by atoms with E-state index in [1.165, 1.54) is 0 Å². The fraction of sp³-hybridized carbons (Fsp3) is 0.364. The lowest BCUT2D eigenvalue weighted by Crippen LogP contribution is -2.35. The molecule has 2 rings (SSSR count). The summed E-state index contributed by atoms with van der Waals surface area (Å²) in [5, 5.41) is 4.28. The zero-order chi connectivity index (χ0) is 13.4. The molecule has 2 aromatic rings. The number of rotatable bonds is 2. The summed E-state index contributed by atoms with van der Waals surface area (Å²) in [4.78, 5) is 26.4. The predicted molar refractivity (Wildman–Crippen MR) is 68.6 cm³/mol. The molecule has 0 aliphatic heterocycles. The van der Waals surface area contributed by atoms with Crippen LogP contribution in [0.2, 0.25) is 5.15 Å². The number of aromatic nitrogens is 4. The molecule has 0 aliphatic carbocycles. The van der Waals surface area contributed by atoms with Gasteiger partial charge in [0.05, 0.1) is 16.9 Å². The topological polar surface area (TPSA) is 72.7 Å². The summed E-state index contributed by atoms with van der Waals surface area (Å²) < 4.78 is 2.64. The molecular weight excluding hydrogens is 256 g/mol. The van der Waals surface area contributed by atoms with Crippen molar-refractivity contribution in [3.8, 4) is 5.69 Å². The Balaban J connectivity index is 2.83. The van der Waals surface area contributed by atoms with Crippen LogP contribution < -0.4 is 11.2 Å². The molecule has 2 aromatic heterocycles. The number of aryl methyl sites for hydroxylation is 2. The Morgan fingerprint density at radius 2 is 2.11 bits per heavy atom. The maximum Gasteiger partial charge on any atom is 0.334 e. The van der Waals surface area contributed by atoms with Crippen LogP contribution in [0, 0.1) is 6.92 Å². The molecule has 0 saturated carbocycles. The molecule has 0 amide bonds. The van der Waals surface area contributed by atoms with Crippen molar-refractivity contribution in [3.63, 3.8) is 0 Å². The Morgan fingerprint density at radius 1 is 1.44 bits per heavy atom. The minimum atomic E-state index is -0.557. The molecule has 0 atom stereocenters. The third-order valence-corrected chi connectivity index (χ3v) is 3.11. The van der Waals surface area contributed by atoms with Crippen LogP contribution in [0.5, 0.6) is 0 Å². The van der Waals surface area contributed by atoms with E-state index in [2.05, 4.69) is 10.1 Å². The summed E-state index contributed by atoms with van der Waals surface area (Å²) in [5.74, 6) is 0. The Kier molecular flexibility index (Phi) is 3.13. The molecular formula is C11H13ClN4O2. The molecule has 96 valence electrons. The summed E-state index contributed by atoms with van der Waals surface area (Å²) in [5.41, 5.74) is 0.504. The van der Waals surface area contributed by atoms with Crippen molar-refractivity contribution < 1.29 is 0 Å². The molecule has 7 heteroatoms. The fourth-order valence-electron chi connectivity index (χ4n) is 1.78. The highest BCUT2D eigenvalue weighted by Gasteiger charge is 2.15. The Bertz CT molecular complexity index is 711. The molecule has 18 heavy (non-hydrogen) atoms. The van der Waals surface area contributed by atoms with Gasteiger partial charge in [-0.1, -0.05) is 18.5 Å². The van der Waals surface area contributed by atoms with E-state index in [-0.39, 0.29) is 5.15 Å². The second-order valence-electron chi connectivity index (χ2n) is 4.00. The number of H-pyrrole nitrogens is 1. The molecule has 0 fully saturated rings. The average Bonchev–Trinajstić information content (AvgIpc) is 2.67. The SMILES string of the molecule is CCc1nn(C)cc1-n1c(=O)[nH]c(Cl)c(C)c1=O. The molecule has 1 N–H and O–H groups in total. The second kappa shape index (κ2) is 4.45. The Labute approximate surface area is 108 Å². The van der Waals surface area contributed by atoms with E-state index in [0.29, 0.717) is 23.4 Å². The standard InChI is InChI=1S/C11H13ClN4O2/c1-4-7-8(5-15(3)14-7)16-10(17)6(2)9(12)13-11(16)18/h5H,4H2,1-3H3,(H,13,18).